The van der Waals surface area contributed by atoms with Crippen LogP contribution < -0.4 is 10.1 Å². The smallest absolute Gasteiger partial charge is 0.354 e. The molecule has 1 aromatic carbocycles. The molecule has 0 fully saturated rings. The maximum Gasteiger partial charge on any atom is 0.354 e. The molecular formula is C15H16FN3O3. The second kappa shape index (κ2) is 7.35. The van der Waals surface area contributed by atoms with Gasteiger partial charge in [-0.05, 0) is 30.7 Å². The van der Waals surface area contributed by atoms with E-state index in [1.165, 1.54) is 30.3 Å². The third kappa shape index (κ3) is 4.41. The summed E-state index contributed by atoms with van der Waals surface area (Å²) >= 11 is 0. The van der Waals surface area contributed by atoms with Gasteiger partial charge in [-0.25, -0.2) is 19.2 Å². The first-order valence-electron chi connectivity index (χ1n) is 6.82. The van der Waals surface area contributed by atoms with Gasteiger partial charge in [-0.15, -0.1) is 0 Å². The number of rotatable bonds is 7. The Hall–Kier alpha value is -2.70. The third-order valence-corrected chi connectivity index (χ3v) is 2.73. The molecule has 0 aliphatic rings. The van der Waals surface area contributed by atoms with Crippen molar-refractivity contribution < 1.29 is 19.0 Å². The number of carboxylic acids is 1. The molecule has 0 bridgehead atoms. The zero-order valence-corrected chi connectivity index (χ0v) is 12.0. The number of hydrogen-bond acceptors (Lipinski definition) is 5. The molecule has 0 aliphatic heterocycles. The molecule has 1 aromatic heterocycles. The van der Waals surface area contributed by atoms with Gasteiger partial charge >= 0.3 is 5.97 Å². The largest absolute Gasteiger partial charge is 0.486 e. The molecule has 1 heterocycles. The van der Waals surface area contributed by atoms with Gasteiger partial charge in [0.05, 0.1) is 0 Å². The van der Waals surface area contributed by atoms with Gasteiger partial charge in [0.25, 0.3) is 0 Å². The van der Waals surface area contributed by atoms with Crippen LogP contribution in [0.25, 0.3) is 0 Å². The zero-order chi connectivity index (χ0) is 15.9. The van der Waals surface area contributed by atoms with Crippen molar-refractivity contribution in [2.24, 2.45) is 0 Å². The van der Waals surface area contributed by atoms with Crippen molar-refractivity contribution in [1.82, 2.24) is 9.97 Å². The fourth-order valence-corrected chi connectivity index (χ4v) is 1.69. The van der Waals surface area contributed by atoms with Gasteiger partial charge in [0, 0.05) is 12.6 Å². The minimum Gasteiger partial charge on any atom is -0.486 e. The Balaban J connectivity index is 2.12. The molecule has 2 aromatic rings. The molecule has 6 nitrogen and oxygen atoms in total. The van der Waals surface area contributed by atoms with Crippen LogP contribution in [0.3, 0.4) is 0 Å². The summed E-state index contributed by atoms with van der Waals surface area (Å²) in [5.41, 5.74) is -0.105. The first-order chi connectivity index (χ1) is 10.6. The number of nitrogens with one attached hydrogen (secondary N) is 1. The lowest BCUT2D eigenvalue weighted by Crippen LogP contribution is -2.11. The molecule has 0 saturated heterocycles. The van der Waals surface area contributed by atoms with E-state index in [9.17, 15) is 9.18 Å². The van der Waals surface area contributed by atoms with Crippen LogP contribution in [-0.4, -0.2) is 27.6 Å². The number of aromatic nitrogens is 2. The van der Waals surface area contributed by atoms with Gasteiger partial charge in [0.15, 0.2) is 11.5 Å². The number of ether oxygens (including phenoxy) is 1. The summed E-state index contributed by atoms with van der Waals surface area (Å²) in [6.45, 7) is 2.66. The van der Waals surface area contributed by atoms with Gasteiger partial charge in [-0.3, -0.25) is 0 Å². The second-order valence-corrected chi connectivity index (χ2v) is 4.53. The summed E-state index contributed by atoms with van der Waals surface area (Å²) in [5, 5.41) is 12.1. The van der Waals surface area contributed by atoms with Crippen LogP contribution in [0.4, 0.5) is 10.2 Å². The van der Waals surface area contributed by atoms with E-state index in [2.05, 4.69) is 15.3 Å². The molecule has 2 rings (SSSR count). The maximum absolute atomic E-state index is 12.8. The summed E-state index contributed by atoms with van der Waals surface area (Å²) in [7, 11) is 0. The van der Waals surface area contributed by atoms with E-state index < -0.39 is 5.97 Å². The Morgan fingerprint density at radius 2 is 2.05 bits per heavy atom. The molecule has 0 aliphatic carbocycles. The lowest BCUT2D eigenvalue weighted by Gasteiger charge is -2.09. The number of anilines is 1. The first-order valence-corrected chi connectivity index (χ1v) is 6.82. The number of nitrogens with zero attached hydrogens (tertiary/aromatic N) is 2. The monoisotopic (exact) mass is 305 g/mol. The fraction of sp³-hybridized carbons (Fsp3) is 0.267. The van der Waals surface area contributed by atoms with Crippen molar-refractivity contribution in [2.45, 2.75) is 20.0 Å². The highest BCUT2D eigenvalue weighted by atomic mass is 19.1. The molecule has 0 atom stereocenters. The number of halogens is 1. The van der Waals surface area contributed by atoms with Gasteiger partial charge in [0.1, 0.15) is 24.0 Å². The molecule has 22 heavy (non-hydrogen) atoms. The van der Waals surface area contributed by atoms with Crippen LogP contribution in [0.1, 0.15) is 29.7 Å². The Kier molecular flexibility index (Phi) is 5.24. The number of carbonyl (C=O) groups is 1. The van der Waals surface area contributed by atoms with Gasteiger partial charge in [0.2, 0.25) is 0 Å². The first kappa shape index (κ1) is 15.7. The lowest BCUT2D eigenvalue weighted by atomic mass is 10.3. The van der Waals surface area contributed by atoms with Crippen LogP contribution in [-0.2, 0) is 6.61 Å². The number of aromatic carboxylic acids is 1. The normalized spacial score (nSPS) is 10.3. The van der Waals surface area contributed by atoms with Crippen molar-refractivity contribution in [1.29, 1.82) is 0 Å². The number of hydrogen-bond donors (Lipinski definition) is 2. The molecule has 0 radical (unpaired) electrons. The molecule has 0 unspecified atom stereocenters. The Morgan fingerprint density at radius 3 is 2.68 bits per heavy atom. The highest BCUT2D eigenvalue weighted by Gasteiger charge is 2.11. The van der Waals surface area contributed by atoms with Crippen LogP contribution in [0.2, 0.25) is 0 Å². The van der Waals surface area contributed by atoms with E-state index in [-0.39, 0.29) is 23.9 Å². The van der Waals surface area contributed by atoms with Crippen molar-refractivity contribution in [3.8, 4) is 5.75 Å². The fourth-order valence-electron chi connectivity index (χ4n) is 1.69. The molecule has 0 spiro atoms. The van der Waals surface area contributed by atoms with E-state index in [0.717, 1.165) is 6.42 Å². The highest BCUT2D eigenvalue weighted by molar-refractivity contribution is 5.86. The molecular weight excluding hydrogens is 289 g/mol. The average molecular weight is 305 g/mol. The molecule has 2 N–H and O–H groups in total. The van der Waals surface area contributed by atoms with Crippen molar-refractivity contribution in [3.63, 3.8) is 0 Å². The Bertz CT molecular complexity index is 647. The summed E-state index contributed by atoms with van der Waals surface area (Å²) in [5.74, 6) is -0.365. The van der Waals surface area contributed by atoms with E-state index in [1.807, 2.05) is 6.92 Å². The van der Waals surface area contributed by atoms with Gasteiger partial charge in [-0.2, -0.15) is 0 Å². The van der Waals surface area contributed by atoms with Crippen molar-refractivity contribution in [3.05, 3.63) is 47.7 Å². The Morgan fingerprint density at radius 1 is 1.32 bits per heavy atom. The molecule has 7 heteroatoms. The predicted molar refractivity (Wildman–Crippen MR) is 78.5 cm³/mol. The van der Waals surface area contributed by atoms with E-state index in [1.54, 1.807) is 0 Å². The summed E-state index contributed by atoms with van der Waals surface area (Å²) in [4.78, 5) is 19.2. The zero-order valence-electron chi connectivity index (χ0n) is 12.0. The standard InChI is InChI=1S/C15H16FN3O3/c1-2-7-17-13-8-12(15(20)21)18-14(19-13)9-22-11-5-3-10(16)4-6-11/h3-6,8H,2,7,9H2,1H3,(H,20,21)(H,17,18,19). The highest BCUT2D eigenvalue weighted by Crippen LogP contribution is 2.14. The molecule has 116 valence electrons. The minimum atomic E-state index is -1.13. The number of carboxylic acid groups (broad SMARTS) is 1. The average Bonchev–Trinajstić information content (AvgIpc) is 2.52. The van der Waals surface area contributed by atoms with Crippen LogP contribution in [0.5, 0.6) is 5.75 Å². The summed E-state index contributed by atoms with van der Waals surface area (Å²) in [6, 6.07) is 6.88. The SMILES string of the molecule is CCCNc1cc(C(=O)O)nc(COc2ccc(F)cc2)n1. The van der Waals surface area contributed by atoms with E-state index in [0.29, 0.717) is 18.1 Å². The second-order valence-electron chi connectivity index (χ2n) is 4.53. The van der Waals surface area contributed by atoms with Crippen LogP contribution in [0, 0.1) is 5.82 Å². The van der Waals surface area contributed by atoms with E-state index in [4.69, 9.17) is 9.84 Å². The number of benzene rings is 1. The quantitative estimate of drug-likeness (QED) is 0.818. The van der Waals surface area contributed by atoms with Crippen LogP contribution >= 0.6 is 0 Å². The topological polar surface area (TPSA) is 84.3 Å². The lowest BCUT2D eigenvalue weighted by molar-refractivity contribution is 0.0689. The predicted octanol–water partition coefficient (Wildman–Crippen LogP) is 2.71. The summed E-state index contributed by atoms with van der Waals surface area (Å²) in [6.07, 6.45) is 0.883. The maximum atomic E-state index is 12.8. The third-order valence-electron chi connectivity index (χ3n) is 2.73. The van der Waals surface area contributed by atoms with Crippen molar-refractivity contribution >= 4 is 11.8 Å². The van der Waals surface area contributed by atoms with Crippen LogP contribution in [0.15, 0.2) is 30.3 Å². The van der Waals surface area contributed by atoms with E-state index >= 15 is 0 Å². The molecule has 0 saturated carbocycles. The van der Waals surface area contributed by atoms with Gasteiger partial charge in [-0.1, -0.05) is 6.92 Å². The van der Waals surface area contributed by atoms with Gasteiger partial charge < -0.3 is 15.2 Å². The Labute approximate surface area is 127 Å². The molecule has 0 amide bonds. The minimum absolute atomic E-state index is 0.00639. The summed E-state index contributed by atoms with van der Waals surface area (Å²) < 4.78 is 18.2. The van der Waals surface area contributed by atoms with Crippen molar-refractivity contribution in [2.75, 3.05) is 11.9 Å².